The molecule has 2 aromatic rings. The van der Waals surface area contributed by atoms with Crippen molar-refractivity contribution in [2.75, 3.05) is 13.1 Å². The Hall–Kier alpha value is -2.30. The maximum atomic E-state index is 12.9. The fourth-order valence-corrected chi connectivity index (χ4v) is 6.30. The molecule has 2 heterocycles. The van der Waals surface area contributed by atoms with E-state index >= 15 is 0 Å². The zero-order valence-corrected chi connectivity index (χ0v) is 22.0. The quantitative estimate of drug-likeness (QED) is 0.449. The van der Waals surface area contributed by atoms with Crippen LogP contribution >= 0.6 is 11.3 Å². The molecule has 0 radical (unpaired) electrons. The third kappa shape index (κ3) is 6.78. The minimum Gasteiger partial charge on any atom is -0.384 e. The molecule has 0 bridgehead atoms. The molecule has 1 saturated carbocycles. The number of nitrogens with zero attached hydrogens (tertiary/aromatic N) is 2. The van der Waals surface area contributed by atoms with E-state index in [1.165, 1.54) is 12.1 Å². The van der Waals surface area contributed by atoms with Gasteiger partial charge in [0.2, 0.25) is 5.91 Å². The number of thiazole rings is 1. The highest BCUT2D eigenvalue weighted by molar-refractivity contribution is 7.11. The number of amides is 1. The summed E-state index contributed by atoms with van der Waals surface area (Å²) in [6.07, 6.45) is 1.02. The summed E-state index contributed by atoms with van der Waals surface area (Å²) in [6.45, 7) is 5.77. The van der Waals surface area contributed by atoms with Crippen molar-refractivity contribution >= 4 is 23.0 Å². The summed E-state index contributed by atoms with van der Waals surface area (Å²) in [4.78, 5) is 32.5. The average Bonchev–Trinajstić information content (AvgIpc) is 3.53. The summed E-state index contributed by atoms with van der Waals surface area (Å²) in [5.41, 5.74) is -1.73. The Bertz CT molecular complexity index is 1110. The van der Waals surface area contributed by atoms with E-state index < -0.39 is 23.1 Å². The zero-order valence-electron chi connectivity index (χ0n) is 21.2. The second-order valence-electron chi connectivity index (χ2n) is 10.5. The molecule has 2 fully saturated rings. The molecule has 202 valence electrons. The van der Waals surface area contributed by atoms with Crippen LogP contribution in [0, 0.1) is 0 Å². The number of aromatic nitrogens is 1. The Balaban J connectivity index is 1.21. The maximum Gasteiger partial charge on any atom is 0.416 e. The summed E-state index contributed by atoms with van der Waals surface area (Å²) >= 11 is 1.60. The van der Waals surface area contributed by atoms with Gasteiger partial charge in [-0.2, -0.15) is 13.2 Å². The van der Waals surface area contributed by atoms with Crippen molar-refractivity contribution < 1.29 is 27.9 Å². The molecule has 37 heavy (non-hydrogen) atoms. The molecule has 4 rings (SSSR count). The number of aliphatic hydroxyl groups is 1. The van der Waals surface area contributed by atoms with Gasteiger partial charge in [-0.3, -0.25) is 14.5 Å². The molecule has 1 aliphatic carbocycles. The van der Waals surface area contributed by atoms with Crippen LogP contribution in [0.1, 0.15) is 90.5 Å². The number of carbonyl (C=O) groups excluding carboxylic acids is 2. The van der Waals surface area contributed by atoms with Gasteiger partial charge in [0.15, 0.2) is 5.78 Å². The first-order valence-corrected chi connectivity index (χ1v) is 13.7. The lowest BCUT2D eigenvalue weighted by Gasteiger charge is -2.39. The van der Waals surface area contributed by atoms with E-state index in [1.807, 2.05) is 6.20 Å². The van der Waals surface area contributed by atoms with Crippen LogP contribution in [0.15, 0.2) is 30.5 Å². The molecule has 1 aromatic heterocycles. The molecule has 1 amide bonds. The average molecular weight is 538 g/mol. The molecular formula is C27H34F3N3O3S. The Morgan fingerprint density at radius 3 is 2.59 bits per heavy atom. The van der Waals surface area contributed by atoms with Gasteiger partial charge in [0, 0.05) is 55.7 Å². The van der Waals surface area contributed by atoms with Crippen LogP contribution in [0.2, 0.25) is 0 Å². The van der Waals surface area contributed by atoms with E-state index in [4.69, 9.17) is 0 Å². The summed E-state index contributed by atoms with van der Waals surface area (Å²) in [7, 11) is 0. The summed E-state index contributed by atoms with van der Waals surface area (Å²) < 4.78 is 38.7. The Kier molecular flexibility index (Phi) is 8.40. The van der Waals surface area contributed by atoms with E-state index in [9.17, 15) is 27.9 Å². The SMILES string of the molecule is CC(C)c1ncc(C2(O)CCC(N3CCC(NC(=O)CCC(=O)c4cccc(C(F)(F)F)c4)C3)CC2)s1. The first-order valence-electron chi connectivity index (χ1n) is 12.9. The van der Waals surface area contributed by atoms with Crippen LogP contribution in [0.5, 0.6) is 0 Å². The van der Waals surface area contributed by atoms with Crippen molar-refractivity contribution in [2.24, 2.45) is 0 Å². The number of likely N-dealkylation sites (tertiary alicyclic amines) is 1. The second kappa shape index (κ2) is 11.2. The van der Waals surface area contributed by atoms with Crippen molar-refractivity contribution in [3.63, 3.8) is 0 Å². The van der Waals surface area contributed by atoms with E-state index in [2.05, 4.69) is 29.0 Å². The number of carbonyl (C=O) groups is 2. The van der Waals surface area contributed by atoms with Crippen LogP contribution in [0.3, 0.4) is 0 Å². The Morgan fingerprint density at radius 2 is 1.95 bits per heavy atom. The van der Waals surface area contributed by atoms with E-state index in [-0.39, 0.29) is 30.4 Å². The van der Waals surface area contributed by atoms with Crippen molar-refractivity contribution in [3.05, 3.63) is 51.5 Å². The highest BCUT2D eigenvalue weighted by Gasteiger charge is 2.40. The minimum atomic E-state index is -4.52. The molecular weight excluding hydrogens is 503 g/mol. The van der Waals surface area contributed by atoms with Crippen molar-refractivity contribution in [1.29, 1.82) is 0 Å². The van der Waals surface area contributed by atoms with Crippen LogP contribution in [-0.4, -0.2) is 51.9 Å². The van der Waals surface area contributed by atoms with Crippen LogP contribution in [0.25, 0.3) is 0 Å². The first kappa shape index (κ1) is 27.7. The number of halogens is 3. The number of alkyl halides is 3. The number of benzene rings is 1. The number of ketones is 1. The lowest BCUT2D eigenvalue weighted by molar-refractivity contribution is -0.137. The van der Waals surface area contributed by atoms with Gasteiger partial charge in [0.25, 0.3) is 0 Å². The number of nitrogens with one attached hydrogen (secondary N) is 1. The molecule has 1 aromatic carbocycles. The lowest BCUT2D eigenvalue weighted by atomic mass is 9.81. The molecule has 0 spiro atoms. The van der Waals surface area contributed by atoms with Crippen LogP contribution in [0.4, 0.5) is 13.2 Å². The van der Waals surface area contributed by atoms with Gasteiger partial charge in [-0.25, -0.2) is 4.98 Å². The normalized spacial score (nSPS) is 24.9. The van der Waals surface area contributed by atoms with Gasteiger partial charge >= 0.3 is 6.18 Å². The van der Waals surface area contributed by atoms with Crippen molar-refractivity contribution in [3.8, 4) is 0 Å². The predicted molar refractivity (Wildman–Crippen MR) is 135 cm³/mol. The molecule has 1 atom stereocenters. The molecule has 10 heteroatoms. The van der Waals surface area contributed by atoms with Gasteiger partial charge in [-0.15, -0.1) is 11.3 Å². The standard InChI is InChI=1S/C27H34F3N3O3S/c1-17(2)25-31-15-23(37-25)26(36)11-8-21(9-12-26)33-13-10-20(16-33)32-24(35)7-6-22(34)18-4-3-5-19(14-18)27(28,29)30/h3-5,14-15,17,20-21,36H,6-13,16H2,1-2H3,(H,32,35). The maximum absolute atomic E-state index is 12.9. The van der Waals surface area contributed by atoms with Crippen LogP contribution in [-0.2, 0) is 16.6 Å². The molecule has 1 unspecified atom stereocenters. The highest BCUT2D eigenvalue weighted by atomic mass is 32.1. The lowest BCUT2D eigenvalue weighted by Crippen LogP contribution is -2.43. The Morgan fingerprint density at radius 1 is 1.22 bits per heavy atom. The van der Waals surface area contributed by atoms with Crippen molar-refractivity contribution in [2.45, 2.75) is 88.6 Å². The fourth-order valence-electron chi connectivity index (χ4n) is 5.24. The van der Waals surface area contributed by atoms with E-state index in [0.29, 0.717) is 31.3 Å². The first-order chi connectivity index (χ1) is 17.4. The van der Waals surface area contributed by atoms with Gasteiger partial charge in [-0.1, -0.05) is 26.0 Å². The monoisotopic (exact) mass is 537 g/mol. The fraction of sp³-hybridized carbons (Fsp3) is 0.593. The second-order valence-corrected chi connectivity index (χ2v) is 11.6. The molecule has 6 nitrogen and oxygen atoms in total. The molecule has 2 N–H and O–H groups in total. The predicted octanol–water partition coefficient (Wildman–Crippen LogP) is 5.27. The van der Waals surface area contributed by atoms with Gasteiger partial charge in [-0.05, 0) is 44.2 Å². The third-order valence-electron chi connectivity index (χ3n) is 7.45. The van der Waals surface area contributed by atoms with Gasteiger partial charge in [0.05, 0.1) is 15.4 Å². The molecule has 2 aliphatic rings. The van der Waals surface area contributed by atoms with E-state index in [1.54, 1.807) is 11.3 Å². The number of hydrogen-bond acceptors (Lipinski definition) is 6. The smallest absolute Gasteiger partial charge is 0.384 e. The summed E-state index contributed by atoms with van der Waals surface area (Å²) in [6, 6.07) is 4.63. The van der Waals surface area contributed by atoms with Crippen LogP contribution < -0.4 is 5.32 Å². The highest BCUT2D eigenvalue weighted by Crippen LogP contribution is 2.42. The largest absolute Gasteiger partial charge is 0.416 e. The Labute approximate surface area is 219 Å². The number of hydrogen-bond donors (Lipinski definition) is 2. The number of Topliss-reactive ketones (excluding diaryl/α,β-unsaturated/α-hetero) is 1. The summed E-state index contributed by atoms with van der Waals surface area (Å²) in [5.74, 6) is -0.407. The third-order valence-corrected chi connectivity index (χ3v) is 8.94. The molecule has 1 saturated heterocycles. The van der Waals surface area contributed by atoms with Gasteiger partial charge < -0.3 is 10.4 Å². The molecule has 1 aliphatic heterocycles. The topological polar surface area (TPSA) is 82.5 Å². The minimum absolute atomic E-state index is 0.0212. The summed E-state index contributed by atoms with van der Waals surface area (Å²) in [5, 5.41) is 15.2. The van der Waals surface area contributed by atoms with Crippen molar-refractivity contribution in [1.82, 2.24) is 15.2 Å². The van der Waals surface area contributed by atoms with Gasteiger partial charge in [0.1, 0.15) is 5.60 Å². The zero-order chi connectivity index (χ0) is 26.8. The number of rotatable bonds is 8. The van der Waals surface area contributed by atoms with E-state index in [0.717, 1.165) is 47.8 Å².